The van der Waals surface area contributed by atoms with E-state index in [1.54, 1.807) is 0 Å². The Balaban J connectivity index is 1.61. The molecule has 3 heteroatoms. The Morgan fingerprint density at radius 2 is 1.90 bits per heavy atom. The van der Waals surface area contributed by atoms with E-state index in [1.807, 2.05) is 6.20 Å². The molecule has 2 aromatic carbocycles. The summed E-state index contributed by atoms with van der Waals surface area (Å²) in [6, 6.07) is 17.3. The molecule has 1 aromatic heterocycles. The van der Waals surface area contributed by atoms with Gasteiger partial charge in [0.25, 0.3) is 0 Å². The Hall–Kier alpha value is -1.62. The van der Waals surface area contributed by atoms with Gasteiger partial charge in [0.15, 0.2) is 0 Å². The number of hydrogen-bond acceptors (Lipinski definition) is 1. The number of hydrogen-bond donors (Lipinski definition) is 0. The van der Waals surface area contributed by atoms with Gasteiger partial charge in [0.05, 0.1) is 0 Å². The molecule has 0 amide bonds. The molecule has 0 radical (unpaired) electrons. The van der Waals surface area contributed by atoms with E-state index in [0.717, 1.165) is 12.4 Å². The Kier molecular flexibility index (Phi) is 3.30. The summed E-state index contributed by atoms with van der Waals surface area (Å²) < 4.78 is 3.53. The number of rotatable bonds is 3. The Morgan fingerprint density at radius 1 is 1.10 bits per heavy atom. The lowest BCUT2D eigenvalue weighted by Gasteiger charge is -2.30. The van der Waals surface area contributed by atoms with Gasteiger partial charge in [-0.2, -0.15) is 0 Å². The van der Waals surface area contributed by atoms with Crippen molar-refractivity contribution in [2.24, 2.45) is 0 Å². The summed E-state index contributed by atoms with van der Waals surface area (Å²) in [5.41, 5.74) is 4.19. The van der Waals surface area contributed by atoms with Crippen LogP contribution in [0.4, 0.5) is 0 Å². The molecule has 0 fully saturated rings. The van der Waals surface area contributed by atoms with Crippen LogP contribution in [0.15, 0.2) is 60.9 Å². The minimum absolute atomic E-state index is 0.623. The summed E-state index contributed by atoms with van der Waals surface area (Å²) in [6.45, 7) is 1.01. The van der Waals surface area contributed by atoms with Gasteiger partial charge < -0.3 is 4.57 Å². The van der Waals surface area contributed by atoms with Gasteiger partial charge in [0, 0.05) is 34.0 Å². The Bertz CT molecular complexity index is 774. The lowest BCUT2D eigenvalue weighted by molar-refractivity contribution is 0.511. The number of benzene rings is 2. The van der Waals surface area contributed by atoms with Crippen LogP contribution in [-0.4, -0.2) is 9.55 Å². The molecule has 2 nitrogen and oxygen atoms in total. The Morgan fingerprint density at radius 3 is 2.71 bits per heavy atom. The zero-order chi connectivity index (χ0) is 14.2. The maximum Gasteiger partial charge on any atom is 0.139 e. The predicted octanol–water partition coefficient (Wildman–Crippen LogP) is 4.49. The van der Waals surface area contributed by atoms with E-state index in [4.69, 9.17) is 0 Å². The molecule has 104 valence electrons. The lowest BCUT2D eigenvalue weighted by atomic mass is 9.77. The fourth-order valence-electron chi connectivity index (χ4n) is 3.08. The number of halogens is 1. The van der Waals surface area contributed by atoms with Crippen LogP contribution in [-0.2, 0) is 13.0 Å². The fourth-order valence-corrected chi connectivity index (χ4v) is 3.44. The normalized spacial score (nSPS) is 16.3. The average Bonchev–Trinajstić information content (AvgIpc) is 2.94. The molecule has 1 atom stereocenters. The van der Waals surface area contributed by atoms with Crippen molar-refractivity contribution in [2.75, 3.05) is 0 Å². The Labute approximate surface area is 138 Å². The first-order valence-electron chi connectivity index (χ1n) is 7.16. The first-order valence-corrected chi connectivity index (χ1v) is 8.24. The summed E-state index contributed by atoms with van der Waals surface area (Å²) in [5.74, 6) is 1.69. The molecule has 0 N–H and O–H groups in total. The monoisotopic (exact) mass is 386 g/mol. The highest BCUT2D eigenvalue weighted by molar-refractivity contribution is 14.1. The van der Waals surface area contributed by atoms with Crippen LogP contribution >= 0.6 is 22.6 Å². The summed E-state index contributed by atoms with van der Waals surface area (Å²) in [4.78, 5) is 4.54. The first kappa shape index (κ1) is 13.1. The molecule has 1 aliphatic carbocycles. The van der Waals surface area contributed by atoms with Gasteiger partial charge >= 0.3 is 0 Å². The number of fused-ring (bicyclic) bond motifs is 1. The number of aromatic nitrogens is 2. The molecule has 0 saturated carbocycles. The van der Waals surface area contributed by atoms with Crippen molar-refractivity contribution in [2.45, 2.75) is 18.9 Å². The lowest BCUT2D eigenvalue weighted by Crippen LogP contribution is -2.22. The van der Waals surface area contributed by atoms with Gasteiger partial charge in [-0.05, 0) is 52.3 Å². The molecule has 1 heterocycles. The van der Waals surface area contributed by atoms with Crippen LogP contribution in [0.25, 0.3) is 11.4 Å². The van der Waals surface area contributed by atoms with Gasteiger partial charge in [-0.3, -0.25) is 0 Å². The summed E-state index contributed by atoms with van der Waals surface area (Å²) in [7, 11) is 0. The van der Waals surface area contributed by atoms with E-state index >= 15 is 0 Å². The molecule has 1 aliphatic rings. The van der Waals surface area contributed by atoms with E-state index in [1.165, 1.54) is 26.7 Å². The molecule has 4 rings (SSSR count). The van der Waals surface area contributed by atoms with Crippen molar-refractivity contribution in [3.8, 4) is 11.4 Å². The third kappa shape index (κ3) is 2.39. The fraction of sp³-hybridized carbons (Fsp3) is 0.167. The van der Waals surface area contributed by atoms with E-state index in [-0.39, 0.29) is 0 Å². The van der Waals surface area contributed by atoms with Crippen LogP contribution < -0.4 is 0 Å². The average molecular weight is 386 g/mol. The van der Waals surface area contributed by atoms with Crippen molar-refractivity contribution < 1.29 is 0 Å². The molecular formula is C18H15IN2. The molecule has 1 unspecified atom stereocenters. The third-order valence-corrected chi connectivity index (χ3v) is 4.92. The molecule has 0 aliphatic heterocycles. The molecule has 21 heavy (non-hydrogen) atoms. The van der Waals surface area contributed by atoms with E-state index in [0.29, 0.717) is 5.92 Å². The largest absolute Gasteiger partial charge is 0.330 e. The van der Waals surface area contributed by atoms with E-state index in [2.05, 4.69) is 86.9 Å². The second kappa shape index (κ2) is 5.30. The van der Waals surface area contributed by atoms with Gasteiger partial charge in [-0.1, -0.05) is 36.4 Å². The quantitative estimate of drug-likeness (QED) is 0.607. The molecule has 0 saturated heterocycles. The maximum atomic E-state index is 4.54. The standard InChI is InChI=1S/C18H15IN2/c19-16-7-5-13(6-8-16)18-20-9-10-21(18)12-15-11-14-3-1-2-4-17(14)15/h1-10,15H,11-12H2. The van der Waals surface area contributed by atoms with Crippen molar-refractivity contribution in [1.82, 2.24) is 9.55 Å². The summed E-state index contributed by atoms with van der Waals surface area (Å²) >= 11 is 2.33. The second-order valence-corrected chi connectivity index (χ2v) is 6.76. The van der Waals surface area contributed by atoms with E-state index in [9.17, 15) is 0 Å². The van der Waals surface area contributed by atoms with Gasteiger partial charge in [0.1, 0.15) is 5.82 Å². The first-order chi connectivity index (χ1) is 10.3. The zero-order valence-corrected chi connectivity index (χ0v) is 13.7. The summed E-state index contributed by atoms with van der Waals surface area (Å²) in [5, 5.41) is 0. The van der Waals surface area contributed by atoms with Gasteiger partial charge in [-0.25, -0.2) is 4.98 Å². The van der Waals surface area contributed by atoms with Crippen LogP contribution in [0.3, 0.4) is 0 Å². The summed E-state index contributed by atoms with van der Waals surface area (Å²) in [6.07, 6.45) is 5.17. The van der Waals surface area contributed by atoms with Crippen molar-refractivity contribution in [3.05, 3.63) is 75.6 Å². The maximum absolute atomic E-state index is 4.54. The van der Waals surface area contributed by atoms with Crippen LogP contribution in [0, 0.1) is 3.57 Å². The molecule has 0 bridgehead atoms. The smallest absolute Gasteiger partial charge is 0.139 e. The molecule has 0 spiro atoms. The minimum Gasteiger partial charge on any atom is -0.330 e. The van der Waals surface area contributed by atoms with Gasteiger partial charge in [-0.15, -0.1) is 0 Å². The minimum atomic E-state index is 0.623. The van der Waals surface area contributed by atoms with Crippen LogP contribution in [0.1, 0.15) is 17.0 Å². The number of nitrogens with zero attached hydrogens (tertiary/aromatic N) is 2. The molecule has 3 aromatic rings. The van der Waals surface area contributed by atoms with Crippen LogP contribution in [0.5, 0.6) is 0 Å². The van der Waals surface area contributed by atoms with Crippen LogP contribution in [0.2, 0.25) is 0 Å². The third-order valence-electron chi connectivity index (χ3n) is 4.20. The zero-order valence-electron chi connectivity index (χ0n) is 11.5. The van der Waals surface area contributed by atoms with Crippen molar-refractivity contribution in [1.29, 1.82) is 0 Å². The number of imidazole rings is 1. The SMILES string of the molecule is Ic1ccc(-c2nccn2CC2Cc3ccccc32)cc1. The van der Waals surface area contributed by atoms with Gasteiger partial charge in [0.2, 0.25) is 0 Å². The second-order valence-electron chi connectivity index (χ2n) is 5.51. The highest BCUT2D eigenvalue weighted by Gasteiger charge is 2.26. The highest BCUT2D eigenvalue weighted by Crippen LogP contribution is 2.36. The van der Waals surface area contributed by atoms with E-state index < -0.39 is 0 Å². The predicted molar refractivity (Wildman–Crippen MR) is 93.3 cm³/mol. The van der Waals surface area contributed by atoms with Crippen molar-refractivity contribution in [3.63, 3.8) is 0 Å². The topological polar surface area (TPSA) is 17.8 Å². The van der Waals surface area contributed by atoms with Crippen molar-refractivity contribution >= 4 is 22.6 Å². The highest BCUT2D eigenvalue weighted by atomic mass is 127. The molecular weight excluding hydrogens is 371 g/mol.